The van der Waals surface area contributed by atoms with Gasteiger partial charge in [0.05, 0.1) is 11.1 Å². The molecule has 0 amide bonds. The van der Waals surface area contributed by atoms with Crippen molar-refractivity contribution in [1.29, 1.82) is 0 Å². The molecule has 1 aromatic carbocycles. The number of nitrogens with one attached hydrogen (secondary N) is 1. The molecule has 0 aliphatic heterocycles. The first-order valence-corrected chi connectivity index (χ1v) is 7.49. The Hall–Kier alpha value is -1.19. The molecule has 0 saturated carbocycles. The Bertz CT molecular complexity index is 551. The van der Waals surface area contributed by atoms with Crippen molar-refractivity contribution in [2.75, 3.05) is 5.32 Å². The third-order valence-corrected chi connectivity index (χ3v) is 3.85. The zero-order chi connectivity index (χ0) is 13.8. The van der Waals surface area contributed by atoms with Gasteiger partial charge >= 0.3 is 0 Å². The number of hydrogen-bond acceptors (Lipinski definition) is 3. The van der Waals surface area contributed by atoms with E-state index in [1.54, 1.807) is 11.3 Å². The summed E-state index contributed by atoms with van der Waals surface area (Å²) in [5, 5.41) is 4.01. The van der Waals surface area contributed by atoms with Crippen molar-refractivity contribution in [2.45, 2.75) is 33.4 Å². The zero-order valence-electron chi connectivity index (χ0n) is 11.4. The van der Waals surface area contributed by atoms with Crippen molar-refractivity contribution in [3.63, 3.8) is 0 Å². The van der Waals surface area contributed by atoms with E-state index in [4.69, 9.17) is 16.3 Å². The molecule has 4 heteroatoms. The van der Waals surface area contributed by atoms with Crippen LogP contribution in [0.4, 0.5) is 5.69 Å². The van der Waals surface area contributed by atoms with E-state index in [0.29, 0.717) is 5.02 Å². The maximum Gasteiger partial charge on any atom is 0.138 e. The summed E-state index contributed by atoms with van der Waals surface area (Å²) >= 11 is 8.00. The van der Waals surface area contributed by atoms with E-state index in [-0.39, 0.29) is 6.10 Å². The first-order chi connectivity index (χ1) is 9.04. The molecule has 102 valence electrons. The predicted molar refractivity (Wildman–Crippen MR) is 83.6 cm³/mol. The number of benzene rings is 1. The maximum atomic E-state index is 6.20. The highest BCUT2D eigenvalue weighted by molar-refractivity contribution is 7.11. The van der Waals surface area contributed by atoms with Crippen LogP contribution in [0.25, 0.3) is 0 Å². The lowest BCUT2D eigenvalue weighted by molar-refractivity contribution is 0.242. The van der Waals surface area contributed by atoms with Gasteiger partial charge in [-0.3, -0.25) is 0 Å². The lowest BCUT2D eigenvalue weighted by Gasteiger charge is -2.12. The molecule has 0 radical (unpaired) electrons. The van der Waals surface area contributed by atoms with Crippen LogP contribution >= 0.6 is 22.9 Å². The number of aryl methyl sites for hydroxylation is 1. The lowest BCUT2D eigenvalue weighted by atomic mass is 10.3. The summed E-state index contributed by atoms with van der Waals surface area (Å²) in [4.78, 5) is 2.65. The molecule has 0 aliphatic carbocycles. The van der Waals surface area contributed by atoms with E-state index in [2.05, 4.69) is 24.4 Å². The molecule has 0 bridgehead atoms. The van der Waals surface area contributed by atoms with Crippen LogP contribution in [0.15, 0.2) is 30.3 Å². The van der Waals surface area contributed by atoms with Crippen LogP contribution in [0.5, 0.6) is 5.75 Å². The first-order valence-electron chi connectivity index (χ1n) is 6.30. The fourth-order valence-electron chi connectivity index (χ4n) is 1.73. The first kappa shape index (κ1) is 14.2. The van der Waals surface area contributed by atoms with Gasteiger partial charge in [-0.25, -0.2) is 0 Å². The second-order valence-corrected chi connectivity index (χ2v) is 6.46. The summed E-state index contributed by atoms with van der Waals surface area (Å²) in [6.45, 7) is 6.91. The third kappa shape index (κ3) is 4.15. The SMILES string of the molecule is Cc1ccc(CNc2ccc(OC(C)C)c(Cl)c2)s1. The van der Waals surface area contributed by atoms with Crippen LogP contribution < -0.4 is 10.1 Å². The van der Waals surface area contributed by atoms with Gasteiger partial charge in [-0.15, -0.1) is 11.3 Å². The molecule has 19 heavy (non-hydrogen) atoms. The number of halogens is 1. The highest BCUT2D eigenvalue weighted by Crippen LogP contribution is 2.29. The lowest BCUT2D eigenvalue weighted by Crippen LogP contribution is -2.06. The largest absolute Gasteiger partial charge is 0.489 e. The van der Waals surface area contributed by atoms with Crippen LogP contribution in [0, 0.1) is 6.92 Å². The molecule has 2 aromatic rings. The summed E-state index contributed by atoms with van der Waals surface area (Å²) in [5.74, 6) is 0.731. The Labute approximate surface area is 123 Å². The average molecular weight is 296 g/mol. The fourth-order valence-corrected chi connectivity index (χ4v) is 2.78. The molecule has 0 aliphatic rings. The van der Waals surface area contributed by atoms with Crippen molar-refractivity contribution in [3.05, 3.63) is 45.1 Å². The Kier molecular flexibility index (Phi) is 4.72. The Morgan fingerprint density at radius 1 is 1.26 bits per heavy atom. The molecule has 0 spiro atoms. The number of anilines is 1. The van der Waals surface area contributed by atoms with Crippen molar-refractivity contribution in [3.8, 4) is 5.75 Å². The molecule has 2 nitrogen and oxygen atoms in total. The molecule has 2 rings (SSSR count). The monoisotopic (exact) mass is 295 g/mol. The van der Waals surface area contributed by atoms with E-state index in [9.17, 15) is 0 Å². The summed E-state index contributed by atoms with van der Waals surface area (Å²) in [5.41, 5.74) is 1.01. The van der Waals surface area contributed by atoms with Gasteiger partial charge in [0.1, 0.15) is 5.75 Å². The minimum atomic E-state index is 0.130. The van der Waals surface area contributed by atoms with Gasteiger partial charge in [0, 0.05) is 22.0 Å². The third-order valence-electron chi connectivity index (χ3n) is 2.56. The second-order valence-electron chi connectivity index (χ2n) is 4.68. The van der Waals surface area contributed by atoms with Gasteiger partial charge in [-0.1, -0.05) is 11.6 Å². The summed E-state index contributed by atoms with van der Waals surface area (Å²) < 4.78 is 5.61. The molecule has 0 unspecified atom stereocenters. The number of thiophene rings is 1. The summed E-state index contributed by atoms with van der Waals surface area (Å²) in [6.07, 6.45) is 0.130. The zero-order valence-corrected chi connectivity index (χ0v) is 12.9. The van der Waals surface area contributed by atoms with Gasteiger partial charge < -0.3 is 10.1 Å². The molecular weight excluding hydrogens is 278 g/mol. The maximum absolute atomic E-state index is 6.20. The molecule has 0 atom stereocenters. The van der Waals surface area contributed by atoms with E-state index in [1.165, 1.54) is 9.75 Å². The summed E-state index contributed by atoms with van der Waals surface area (Å²) in [6, 6.07) is 10.1. The highest BCUT2D eigenvalue weighted by atomic mass is 35.5. The number of ether oxygens (including phenoxy) is 1. The second kappa shape index (κ2) is 6.31. The van der Waals surface area contributed by atoms with Crippen LogP contribution in [-0.2, 0) is 6.54 Å². The smallest absolute Gasteiger partial charge is 0.138 e. The Morgan fingerprint density at radius 3 is 2.63 bits per heavy atom. The average Bonchev–Trinajstić information content (AvgIpc) is 2.75. The molecular formula is C15H18ClNOS. The van der Waals surface area contributed by atoms with Crippen molar-refractivity contribution in [2.24, 2.45) is 0 Å². The topological polar surface area (TPSA) is 21.3 Å². The predicted octanol–water partition coefficient (Wildman–Crippen LogP) is 5.11. The van der Waals surface area contributed by atoms with Crippen molar-refractivity contribution >= 4 is 28.6 Å². The number of hydrogen-bond donors (Lipinski definition) is 1. The van der Waals surface area contributed by atoms with Crippen LogP contribution in [0.2, 0.25) is 5.02 Å². The molecule has 0 saturated heterocycles. The molecule has 1 heterocycles. The van der Waals surface area contributed by atoms with E-state index in [0.717, 1.165) is 18.0 Å². The Balaban J connectivity index is 1.99. The van der Waals surface area contributed by atoms with Gasteiger partial charge in [0.15, 0.2) is 0 Å². The van der Waals surface area contributed by atoms with E-state index >= 15 is 0 Å². The normalized spacial score (nSPS) is 10.8. The standard InChI is InChI=1S/C15H18ClNOS/c1-10(2)18-15-7-5-12(8-14(15)16)17-9-13-6-4-11(3)19-13/h4-8,10,17H,9H2,1-3H3. The highest BCUT2D eigenvalue weighted by Gasteiger charge is 2.05. The van der Waals surface area contributed by atoms with Crippen LogP contribution in [-0.4, -0.2) is 6.10 Å². The van der Waals surface area contributed by atoms with Gasteiger partial charge in [-0.05, 0) is 51.1 Å². The fraction of sp³-hybridized carbons (Fsp3) is 0.333. The minimum Gasteiger partial charge on any atom is -0.489 e. The Morgan fingerprint density at radius 2 is 2.05 bits per heavy atom. The van der Waals surface area contributed by atoms with E-state index in [1.807, 2.05) is 32.0 Å². The quantitative estimate of drug-likeness (QED) is 0.827. The van der Waals surface area contributed by atoms with Gasteiger partial charge in [0.2, 0.25) is 0 Å². The summed E-state index contributed by atoms with van der Waals surface area (Å²) in [7, 11) is 0. The van der Waals surface area contributed by atoms with Crippen LogP contribution in [0.1, 0.15) is 23.6 Å². The molecule has 1 aromatic heterocycles. The van der Waals surface area contributed by atoms with Crippen molar-refractivity contribution in [1.82, 2.24) is 0 Å². The van der Waals surface area contributed by atoms with Gasteiger partial charge in [-0.2, -0.15) is 0 Å². The van der Waals surface area contributed by atoms with Crippen molar-refractivity contribution < 1.29 is 4.74 Å². The van der Waals surface area contributed by atoms with E-state index < -0.39 is 0 Å². The molecule has 1 N–H and O–H groups in total. The van der Waals surface area contributed by atoms with Crippen LogP contribution in [0.3, 0.4) is 0 Å². The number of rotatable bonds is 5. The minimum absolute atomic E-state index is 0.130. The van der Waals surface area contributed by atoms with Gasteiger partial charge in [0.25, 0.3) is 0 Å². The molecule has 0 fully saturated rings.